The zero-order valence-electron chi connectivity index (χ0n) is 20.1. The zero-order chi connectivity index (χ0) is 28.8. The van der Waals surface area contributed by atoms with Gasteiger partial charge in [-0.05, 0) is 41.2 Å². The predicted octanol–water partition coefficient (Wildman–Crippen LogP) is 6.93. The molecule has 3 rings (SSSR count). The molecule has 0 amide bonds. The second-order valence-electron chi connectivity index (χ2n) is 10.1. The highest BCUT2D eigenvalue weighted by Crippen LogP contribution is 2.59. The summed E-state index contributed by atoms with van der Waals surface area (Å²) in [6, 6.07) is -0.00115. The molecule has 1 fully saturated rings. The second kappa shape index (κ2) is 10.5. The number of nitrogens with zero attached hydrogens (tertiary/aromatic N) is 2. The van der Waals surface area contributed by atoms with Gasteiger partial charge in [0.25, 0.3) is 0 Å². The number of nitriles is 1. The lowest BCUT2D eigenvalue weighted by atomic mass is 9.63. The van der Waals surface area contributed by atoms with E-state index in [9.17, 15) is 24.5 Å². The monoisotopic (exact) mass is 594 g/mol. The number of benzene rings is 2. The van der Waals surface area contributed by atoms with Crippen molar-refractivity contribution < 1.29 is 37.3 Å². The van der Waals surface area contributed by atoms with Crippen molar-refractivity contribution in [2.24, 2.45) is 5.41 Å². The zero-order valence-corrected chi connectivity index (χ0v) is 22.4. The minimum Gasteiger partial charge on any atom is -0.480 e. The standard InChI is InChI=1S/C25H21Cl3F4N2O4/c1-23(2,3)10-17-24(11-33,14-8-7-12(26)9-16(14)28)18(13-5-4-6-15(27)19(13)29)20(21(35)36)34(17)25(30,31)22(37)38-32/h4-9,17-18,20H,10H2,1-3H3,(H,35,36)/t17-,18-,20+,24-/m0/s1. The molecule has 0 saturated carbocycles. The van der Waals surface area contributed by atoms with Crippen LogP contribution in [0.25, 0.3) is 0 Å². The fraction of sp³-hybridized carbons (Fsp3) is 0.400. The molecule has 2 aromatic rings. The highest BCUT2D eigenvalue weighted by molar-refractivity contribution is 6.35. The first-order valence-corrected chi connectivity index (χ1v) is 12.2. The molecule has 1 N–H and O–H groups in total. The molecule has 0 aliphatic carbocycles. The summed E-state index contributed by atoms with van der Waals surface area (Å²) in [6.07, 6.45) is -0.350. The van der Waals surface area contributed by atoms with Gasteiger partial charge in [0.1, 0.15) is 17.3 Å². The molecule has 38 heavy (non-hydrogen) atoms. The Morgan fingerprint density at radius 3 is 2.29 bits per heavy atom. The Hall–Kier alpha value is -2.58. The van der Waals surface area contributed by atoms with Crippen LogP contribution in [0.1, 0.15) is 44.2 Å². The fourth-order valence-electron chi connectivity index (χ4n) is 5.21. The Morgan fingerprint density at radius 1 is 1.16 bits per heavy atom. The number of carbonyl (C=O) groups is 2. The van der Waals surface area contributed by atoms with Crippen LogP contribution in [0.3, 0.4) is 0 Å². The molecule has 0 radical (unpaired) electrons. The number of rotatable bonds is 6. The van der Waals surface area contributed by atoms with E-state index < -0.39 is 63.2 Å². The molecule has 0 spiro atoms. The third-order valence-electron chi connectivity index (χ3n) is 6.54. The van der Waals surface area contributed by atoms with Gasteiger partial charge in [0.05, 0.1) is 11.1 Å². The van der Waals surface area contributed by atoms with E-state index in [0.29, 0.717) is 0 Å². The van der Waals surface area contributed by atoms with Gasteiger partial charge in [-0.15, -0.1) is 0 Å². The van der Waals surface area contributed by atoms with E-state index in [0.717, 1.165) is 12.1 Å². The first-order chi connectivity index (χ1) is 17.5. The van der Waals surface area contributed by atoms with Crippen molar-refractivity contribution in [3.05, 3.63) is 68.4 Å². The van der Waals surface area contributed by atoms with E-state index in [2.05, 4.69) is 4.94 Å². The van der Waals surface area contributed by atoms with Crippen LogP contribution < -0.4 is 0 Å². The maximum atomic E-state index is 15.7. The van der Waals surface area contributed by atoms with Gasteiger partial charge in [-0.3, -0.25) is 4.79 Å². The number of alkyl halides is 2. The quantitative estimate of drug-likeness (QED) is 0.288. The van der Waals surface area contributed by atoms with E-state index in [4.69, 9.17) is 34.8 Å². The number of aliphatic carboxylic acids is 1. The molecule has 1 aliphatic rings. The van der Waals surface area contributed by atoms with Crippen LogP contribution in [-0.4, -0.2) is 40.1 Å². The summed E-state index contributed by atoms with van der Waals surface area (Å²) in [6.45, 7) is 4.85. The van der Waals surface area contributed by atoms with Gasteiger partial charge in [-0.1, -0.05) is 73.8 Å². The average Bonchev–Trinajstić information content (AvgIpc) is 3.10. The van der Waals surface area contributed by atoms with Crippen molar-refractivity contribution in [2.75, 3.05) is 0 Å². The molecule has 1 heterocycles. The molecular weight excluding hydrogens is 575 g/mol. The lowest BCUT2D eigenvalue weighted by Crippen LogP contribution is -2.58. The molecule has 0 unspecified atom stereocenters. The van der Waals surface area contributed by atoms with E-state index in [1.54, 1.807) is 20.8 Å². The van der Waals surface area contributed by atoms with Gasteiger partial charge in [-0.2, -0.15) is 14.0 Å². The lowest BCUT2D eigenvalue weighted by Gasteiger charge is -2.40. The Balaban J connectivity index is 2.58. The number of halogens is 7. The second-order valence-corrected chi connectivity index (χ2v) is 11.4. The molecule has 1 aliphatic heterocycles. The van der Waals surface area contributed by atoms with Crippen LogP contribution in [0.5, 0.6) is 0 Å². The van der Waals surface area contributed by atoms with Crippen LogP contribution in [0.4, 0.5) is 17.7 Å². The van der Waals surface area contributed by atoms with E-state index >= 15 is 13.2 Å². The number of likely N-dealkylation sites (tertiary alicyclic amines) is 1. The number of carbonyl (C=O) groups excluding carboxylic acids is 1. The van der Waals surface area contributed by atoms with Gasteiger partial charge in [-0.25, -0.2) is 19.0 Å². The van der Waals surface area contributed by atoms with Gasteiger partial charge < -0.3 is 5.11 Å². The summed E-state index contributed by atoms with van der Waals surface area (Å²) in [5.41, 5.74) is -3.88. The Morgan fingerprint density at radius 2 is 1.79 bits per heavy atom. The van der Waals surface area contributed by atoms with Gasteiger partial charge in [0, 0.05) is 26.5 Å². The van der Waals surface area contributed by atoms with Crippen LogP contribution in [0.15, 0.2) is 36.4 Å². The summed E-state index contributed by atoms with van der Waals surface area (Å²) < 4.78 is 59.7. The first kappa shape index (κ1) is 30.0. The predicted molar refractivity (Wildman–Crippen MR) is 131 cm³/mol. The maximum Gasteiger partial charge on any atom is 0.434 e. The maximum absolute atomic E-state index is 15.7. The Labute approximate surface area is 230 Å². The van der Waals surface area contributed by atoms with Crippen LogP contribution in [0.2, 0.25) is 15.1 Å². The molecular formula is C25H21Cl3F4N2O4. The molecule has 13 heteroatoms. The molecule has 4 atom stereocenters. The van der Waals surface area contributed by atoms with Gasteiger partial charge in [0.2, 0.25) is 0 Å². The van der Waals surface area contributed by atoms with Crippen molar-refractivity contribution in [3.8, 4) is 6.07 Å². The summed E-state index contributed by atoms with van der Waals surface area (Å²) >= 11 is 18.4. The van der Waals surface area contributed by atoms with Crippen molar-refractivity contribution >= 4 is 46.7 Å². The molecule has 1 saturated heterocycles. The number of hydrogen-bond acceptors (Lipinski definition) is 5. The average molecular weight is 596 g/mol. The molecule has 0 bridgehead atoms. The van der Waals surface area contributed by atoms with Crippen LogP contribution in [-0.2, 0) is 19.9 Å². The van der Waals surface area contributed by atoms with Crippen LogP contribution in [0, 0.1) is 22.6 Å². The highest BCUT2D eigenvalue weighted by Gasteiger charge is 2.71. The summed E-state index contributed by atoms with van der Waals surface area (Å²) in [4.78, 5) is 27.4. The number of carboxylic acids is 1. The molecule has 6 nitrogen and oxygen atoms in total. The van der Waals surface area contributed by atoms with Gasteiger partial charge in [0.15, 0.2) is 0 Å². The first-order valence-electron chi connectivity index (χ1n) is 11.1. The third-order valence-corrected chi connectivity index (χ3v) is 7.38. The van der Waals surface area contributed by atoms with E-state index in [1.807, 2.05) is 6.07 Å². The molecule has 2 aromatic carbocycles. The summed E-state index contributed by atoms with van der Waals surface area (Å²) in [5, 5.41) is 20.4. The smallest absolute Gasteiger partial charge is 0.434 e. The SMILES string of the molecule is CC(C)(C)C[C@@H]1N(C(F)(F)C(=O)OF)[C@@H](C(=O)O)[C@H](c2cccc(Cl)c2F)[C@@]1(C#N)c1ccc(Cl)cc1Cl. The van der Waals surface area contributed by atoms with Crippen molar-refractivity contribution in [3.63, 3.8) is 0 Å². The molecule has 204 valence electrons. The van der Waals surface area contributed by atoms with E-state index in [-0.39, 0.29) is 26.9 Å². The van der Waals surface area contributed by atoms with Crippen molar-refractivity contribution in [1.82, 2.24) is 4.90 Å². The Bertz CT molecular complexity index is 1310. The number of hydrogen-bond donors (Lipinski definition) is 1. The minimum atomic E-state index is -4.90. The number of carboxylic acid groups (broad SMARTS) is 1. The largest absolute Gasteiger partial charge is 0.480 e. The lowest BCUT2D eigenvalue weighted by molar-refractivity contribution is -0.245. The van der Waals surface area contributed by atoms with Crippen molar-refractivity contribution in [2.45, 2.75) is 56.7 Å². The highest BCUT2D eigenvalue weighted by atomic mass is 35.5. The Kier molecular flexibility index (Phi) is 8.31. The summed E-state index contributed by atoms with van der Waals surface area (Å²) in [7, 11) is 0. The minimum absolute atomic E-state index is 0.0956. The van der Waals surface area contributed by atoms with E-state index in [1.165, 1.54) is 24.3 Å². The normalized spacial score (nSPS) is 24.2. The van der Waals surface area contributed by atoms with Crippen LogP contribution >= 0.6 is 34.8 Å². The third kappa shape index (κ3) is 4.93. The topological polar surface area (TPSA) is 90.6 Å². The molecule has 0 aromatic heterocycles. The fourth-order valence-corrected chi connectivity index (χ4v) is 5.95. The summed E-state index contributed by atoms with van der Waals surface area (Å²) in [5.74, 6) is -7.73. The van der Waals surface area contributed by atoms with Crippen molar-refractivity contribution in [1.29, 1.82) is 5.26 Å². The van der Waals surface area contributed by atoms with Gasteiger partial charge >= 0.3 is 18.0 Å².